The molecule has 2 heterocycles. The van der Waals surface area contributed by atoms with Gasteiger partial charge in [0, 0.05) is 31.5 Å². The molecule has 0 atom stereocenters. The lowest BCUT2D eigenvalue weighted by Crippen LogP contribution is -2.31. The highest BCUT2D eigenvalue weighted by Crippen LogP contribution is 2.22. The van der Waals surface area contributed by atoms with E-state index in [2.05, 4.69) is 15.5 Å². The summed E-state index contributed by atoms with van der Waals surface area (Å²) in [5, 5.41) is 10.4. The third kappa shape index (κ3) is 3.39. The van der Waals surface area contributed by atoms with Crippen LogP contribution in [0.5, 0.6) is 0 Å². The second-order valence-electron chi connectivity index (χ2n) is 5.35. The fourth-order valence-electron chi connectivity index (χ4n) is 2.50. The van der Waals surface area contributed by atoms with E-state index in [-0.39, 0.29) is 24.8 Å². The first-order valence-electron chi connectivity index (χ1n) is 7.62. The Bertz CT molecular complexity index is 726. The fourth-order valence-corrected chi connectivity index (χ4v) is 2.50. The normalized spacial score (nSPS) is 13.3. The SMILES string of the molecule is CCc1nnc(CNC(=O)CCN2Cc3ccccc3C2=O)o1. The Balaban J connectivity index is 1.46. The van der Waals surface area contributed by atoms with Gasteiger partial charge in [-0.25, -0.2) is 0 Å². The van der Waals surface area contributed by atoms with Crippen LogP contribution in [-0.2, 0) is 24.3 Å². The highest BCUT2D eigenvalue weighted by molar-refractivity contribution is 5.98. The molecule has 7 nitrogen and oxygen atoms in total. The van der Waals surface area contributed by atoms with E-state index in [9.17, 15) is 9.59 Å². The molecule has 7 heteroatoms. The van der Waals surface area contributed by atoms with Gasteiger partial charge in [-0.05, 0) is 11.6 Å². The lowest BCUT2D eigenvalue weighted by molar-refractivity contribution is -0.121. The number of nitrogens with zero attached hydrogens (tertiary/aromatic N) is 3. The monoisotopic (exact) mass is 314 g/mol. The van der Waals surface area contributed by atoms with Crippen molar-refractivity contribution in [2.75, 3.05) is 6.54 Å². The number of aryl methyl sites for hydroxylation is 1. The summed E-state index contributed by atoms with van der Waals surface area (Å²) in [5.74, 6) is 0.775. The Morgan fingerprint density at radius 2 is 2.09 bits per heavy atom. The maximum absolute atomic E-state index is 12.2. The summed E-state index contributed by atoms with van der Waals surface area (Å²) in [6.45, 7) is 3.08. The minimum Gasteiger partial charge on any atom is -0.423 e. The van der Waals surface area contributed by atoms with Crippen molar-refractivity contribution < 1.29 is 14.0 Å². The first-order chi connectivity index (χ1) is 11.2. The van der Waals surface area contributed by atoms with Crippen LogP contribution in [0.2, 0.25) is 0 Å². The van der Waals surface area contributed by atoms with Crippen LogP contribution in [0.3, 0.4) is 0 Å². The standard InChI is InChI=1S/C16H18N4O3/c1-2-14-18-19-15(23-14)9-17-13(21)7-8-20-10-11-5-3-4-6-12(11)16(20)22/h3-6H,2,7-10H2,1H3,(H,17,21). The number of nitrogens with one attached hydrogen (secondary N) is 1. The molecule has 3 rings (SSSR count). The summed E-state index contributed by atoms with van der Waals surface area (Å²) in [4.78, 5) is 25.8. The van der Waals surface area contributed by atoms with Crippen LogP contribution in [0, 0.1) is 0 Å². The van der Waals surface area contributed by atoms with Gasteiger partial charge in [-0.1, -0.05) is 25.1 Å². The summed E-state index contributed by atoms with van der Waals surface area (Å²) in [5.41, 5.74) is 1.74. The third-order valence-electron chi connectivity index (χ3n) is 3.75. The molecule has 1 N–H and O–H groups in total. The zero-order valence-corrected chi connectivity index (χ0v) is 12.9. The highest BCUT2D eigenvalue weighted by Gasteiger charge is 2.26. The summed E-state index contributed by atoms with van der Waals surface area (Å²) in [6, 6.07) is 7.52. The molecular formula is C16H18N4O3. The Labute approximate surface area is 133 Å². The third-order valence-corrected chi connectivity index (χ3v) is 3.75. The van der Waals surface area contributed by atoms with Crippen LogP contribution in [0.15, 0.2) is 28.7 Å². The van der Waals surface area contributed by atoms with Gasteiger partial charge in [-0.2, -0.15) is 0 Å². The average molecular weight is 314 g/mol. The molecule has 0 spiro atoms. The molecule has 120 valence electrons. The van der Waals surface area contributed by atoms with Gasteiger partial charge < -0.3 is 14.6 Å². The Kier molecular flexibility index (Phi) is 4.36. The van der Waals surface area contributed by atoms with Gasteiger partial charge in [-0.15, -0.1) is 10.2 Å². The molecule has 0 saturated heterocycles. The molecular weight excluding hydrogens is 296 g/mol. The number of hydrogen-bond donors (Lipinski definition) is 1. The number of fused-ring (bicyclic) bond motifs is 1. The van der Waals surface area contributed by atoms with Gasteiger partial charge in [0.2, 0.25) is 17.7 Å². The van der Waals surface area contributed by atoms with Gasteiger partial charge in [0.05, 0.1) is 6.54 Å². The van der Waals surface area contributed by atoms with Crippen molar-refractivity contribution in [1.29, 1.82) is 0 Å². The lowest BCUT2D eigenvalue weighted by atomic mass is 10.1. The average Bonchev–Trinajstić information content (AvgIpc) is 3.16. The van der Waals surface area contributed by atoms with Crippen molar-refractivity contribution in [1.82, 2.24) is 20.4 Å². The van der Waals surface area contributed by atoms with Crippen LogP contribution in [0.25, 0.3) is 0 Å². The first-order valence-corrected chi connectivity index (χ1v) is 7.62. The Morgan fingerprint density at radius 1 is 1.30 bits per heavy atom. The van der Waals surface area contributed by atoms with Crippen molar-refractivity contribution in [3.05, 3.63) is 47.2 Å². The molecule has 1 aromatic heterocycles. The van der Waals surface area contributed by atoms with E-state index in [1.165, 1.54) is 0 Å². The van der Waals surface area contributed by atoms with E-state index in [1.54, 1.807) is 4.90 Å². The number of carbonyl (C=O) groups is 2. The predicted molar refractivity (Wildman–Crippen MR) is 81.3 cm³/mol. The second-order valence-corrected chi connectivity index (χ2v) is 5.35. The Morgan fingerprint density at radius 3 is 2.83 bits per heavy atom. The fraction of sp³-hybridized carbons (Fsp3) is 0.375. The number of carbonyl (C=O) groups excluding carboxylic acids is 2. The predicted octanol–water partition coefficient (Wildman–Crippen LogP) is 1.29. The number of aromatic nitrogens is 2. The minimum absolute atomic E-state index is 0.0158. The van der Waals surface area contributed by atoms with Gasteiger partial charge in [-0.3, -0.25) is 9.59 Å². The smallest absolute Gasteiger partial charge is 0.254 e. The van der Waals surface area contributed by atoms with Crippen LogP contribution in [0.4, 0.5) is 0 Å². The van der Waals surface area contributed by atoms with Gasteiger partial charge in [0.1, 0.15) is 0 Å². The summed E-state index contributed by atoms with van der Waals surface area (Å²) in [6.07, 6.45) is 0.910. The van der Waals surface area contributed by atoms with E-state index in [4.69, 9.17) is 4.42 Å². The maximum atomic E-state index is 12.2. The first kappa shape index (κ1) is 15.2. The van der Waals surface area contributed by atoms with E-state index in [0.29, 0.717) is 31.3 Å². The number of hydrogen-bond acceptors (Lipinski definition) is 5. The topological polar surface area (TPSA) is 88.3 Å². The van der Waals surface area contributed by atoms with E-state index >= 15 is 0 Å². The molecule has 1 aliphatic heterocycles. The van der Waals surface area contributed by atoms with Crippen molar-refractivity contribution >= 4 is 11.8 Å². The molecule has 2 aromatic rings. The number of rotatable bonds is 6. The molecule has 1 aliphatic rings. The zero-order chi connectivity index (χ0) is 16.2. The molecule has 0 fully saturated rings. The largest absolute Gasteiger partial charge is 0.423 e. The number of benzene rings is 1. The van der Waals surface area contributed by atoms with Crippen molar-refractivity contribution in [2.45, 2.75) is 32.9 Å². The van der Waals surface area contributed by atoms with Crippen LogP contribution >= 0.6 is 0 Å². The van der Waals surface area contributed by atoms with Crippen LogP contribution < -0.4 is 5.32 Å². The molecule has 0 saturated carbocycles. The quantitative estimate of drug-likeness (QED) is 0.868. The Hall–Kier alpha value is -2.70. The summed E-state index contributed by atoms with van der Waals surface area (Å²) < 4.78 is 5.32. The minimum atomic E-state index is -0.148. The van der Waals surface area contributed by atoms with Crippen molar-refractivity contribution in [2.24, 2.45) is 0 Å². The zero-order valence-electron chi connectivity index (χ0n) is 12.9. The lowest BCUT2D eigenvalue weighted by Gasteiger charge is -2.14. The van der Waals surface area contributed by atoms with Gasteiger partial charge >= 0.3 is 0 Å². The van der Waals surface area contributed by atoms with Crippen molar-refractivity contribution in [3.63, 3.8) is 0 Å². The van der Waals surface area contributed by atoms with Gasteiger partial charge in [0.15, 0.2) is 0 Å². The second kappa shape index (κ2) is 6.60. The molecule has 23 heavy (non-hydrogen) atoms. The van der Waals surface area contributed by atoms with E-state index < -0.39 is 0 Å². The molecule has 2 amide bonds. The van der Waals surface area contributed by atoms with Gasteiger partial charge in [0.25, 0.3) is 5.91 Å². The summed E-state index contributed by atoms with van der Waals surface area (Å²) >= 11 is 0. The molecule has 0 unspecified atom stereocenters. The number of amides is 2. The van der Waals surface area contributed by atoms with Crippen molar-refractivity contribution in [3.8, 4) is 0 Å². The molecule has 1 aromatic carbocycles. The maximum Gasteiger partial charge on any atom is 0.254 e. The van der Waals surface area contributed by atoms with E-state index in [0.717, 1.165) is 11.1 Å². The molecule has 0 radical (unpaired) electrons. The van der Waals surface area contributed by atoms with Crippen LogP contribution in [0.1, 0.15) is 41.0 Å². The summed E-state index contributed by atoms with van der Waals surface area (Å²) in [7, 11) is 0. The van der Waals surface area contributed by atoms with E-state index in [1.807, 2.05) is 31.2 Å². The van der Waals surface area contributed by atoms with Crippen LogP contribution in [-0.4, -0.2) is 33.5 Å². The highest BCUT2D eigenvalue weighted by atomic mass is 16.4. The molecule has 0 aliphatic carbocycles. The molecule has 0 bridgehead atoms.